The second-order valence-corrected chi connectivity index (χ2v) is 11.1. The van der Waals surface area contributed by atoms with Crippen molar-refractivity contribution in [2.75, 3.05) is 25.0 Å². The van der Waals surface area contributed by atoms with Gasteiger partial charge in [-0.1, -0.05) is 13.0 Å². The Morgan fingerprint density at radius 2 is 1.70 bits per heavy atom. The molecule has 1 saturated heterocycles. The zero-order valence-electron chi connectivity index (χ0n) is 24.3. The number of benzene rings is 1. The lowest BCUT2D eigenvalue weighted by Gasteiger charge is -2.46. The Hall–Kier alpha value is -3.50. The highest BCUT2D eigenvalue weighted by Crippen LogP contribution is 2.31. The van der Waals surface area contributed by atoms with E-state index in [2.05, 4.69) is 62.7 Å². The fourth-order valence-corrected chi connectivity index (χ4v) is 6.08. The van der Waals surface area contributed by atoms with Gasteiger partial charge in [-0.25, -0.2) is 28.7 Å². The molecule has 212 valence electrons. The first-order chi connectivity index (χ1) is 19.1. The monoisotopic (exact) mass is 548 g/mol. The Morgan fingerprint density at radius 3 is 2.33 bits per heavy atom. The summed E-state index contributed by atoms with van der Waals surface area (Å²) in [5.74, 6) is 0.259. The van der Waals surface area contributed by atoms with E-state index in [9.17, 15) is 4.39 Å². The number of aryl methyl sites for hydroxylation is 1. The average molecular weight is 549 g/mol. The summed E-state index contributed by atoms with van der Waals surface area (Å²) in [4.78, 5) is 22.5. The molecule has 0 radical (unpaired) electrons. The van der Waals surface area contributed by atoms with E-state index in [1.807, 2.05) is 43.7 Å². The van der Waals surface area contributed by atoms with Crippen LogP contribution in [0.2, 0.25) is 0 Å². The summed E-state index contributed by atoms with van der Waals surface area (Å²) in [6.45, 7) is 17.9. The number of anilines is 2. The predicted molar refractivity (Wildman–Crippen MR) is 155 cm³/mol. The molecule has 1 aliphatic rings. The number of hydrogen-bond donors (Lipinski definition) is 1. The molecule has 1 aromatic carbocycles. The van der Waals surface area contributed by atoms with E-state index in [0.29, 0.717) is 34.8 Å². The Balaban J connectivity index is 1.36. The molecule has 3 atom stereocenters. The van der Waals surface area contributed by atoms with E-state index in [0.717, 1.165) is 31.4 Å². The van der Waals surface area contributed by atoms with Crippen molar-refractivity contribution < 1.29 is 8.78 Å². The highest BCUT2D eigenvalue weighted by Gasteiger charge is 2.31. The summed E-state index contributed by atoms with van der Waals surface area (Å²) >= 11 is 0. The standard InChI is InChI=1S/C30H38F2N8/c1-8-39-18(4)15-38(16-19(39)5)20(6)22-9-10-27(33-13-22)36-30-34-14-25(32)28(37-30)23-11-24(31)29-26(12-23)40(17(2)3)21(7)35-29/h9-14,17-20H,8,15-16H2,1-7H3,(H,33,34,36,37). The number of imidazole rings is 1. The van der Waals surface area contributed by atoms with Gasteiger partial charge in [0.2, 0.25) is 5.95 Å². The topological polar surface area (TPSA) is 75.0 Å². The summed E-state index contributed by atoms with van der Waals surface area (Å²) in [5.41, 5.74) is 2.31. The first kappa shape index (κ1) is 28.0. The summed E-state index contributed by atoms with van der Waals surface area (Å²) in [5, 5.41) is 3.07. The maximum atomic E-state index is 15.0. The van der Waals surface area contributed by atoms with Gasteiger partial charge in [-0.3, -0.25) is 9.80 Å². The number of nitrogens with one attached hydrogen (secondary N) is 1. The van der Waals surface area contributed by atoms with Crippen LogP contribution in [0.15, 0.2) is 36.7 Å². The maximum Gasteiger partial charge on any atom is 0.229 e. The lowest BCUT2D eigenvalue weighted by molar-refractivity contribution is 0.0233. The van der Waals surface area contributed by atoms with Crippen molar-refractivity contribution in [3.8, 4) is 11.3 Å². The molecular formula is C30H38F2N8. The molecule has 1 N–H and O–H groups in total. The molecule has 0 amide bonds. The van der Waals surface area contributed by atoms with Crippen LogP contribution < -0.4 is 5.32 Å². The number of piperazine rings is 1. The molecule has 10 heteroatoms. The molecule has 4 aromatic rings. The Bertz CT molecular complexity index is 1490. The number of nitrogens with zero attached hydrogens (tertiary/aromatic N) is 7. The van der Waals surface area contributed by atoms with Gasteiger partial charge in [-0.05, 0) is 71.8 Å². The van der Waals surface area contributed by atoms with Gasteiger partial charge in [-0.15, -0.1) is 0 Å². The van der Waals surface area contributed by atoms with Crippen LogP contribution in [-0.2, 0) is 0 Å². The molecule has 3 aromatic heterocycles. The molecule has 5 rings (SSSR count). The van der Waals surface area contributed by atoms with Crippen LogP contribution in [0.3, 0.4) is 0 Å². The number of rotatable bonds is 7. The molecule has 1 fully saturated rings. The molecule has 0 bridgehead atoms. The third kappa shape index (κ3) is 5.30. The van der Waals surface area contributed by atoms with Crippen molar-refractivity contribution in [3.05, 3.63) is 59.7 Å². The summed E-state index contributed by atoms with van der Waals surface area (Å²) < 4.78 is 31.8. The van der Waals surface area contributed by atoms with Crippen LogP contribution >= 0.6 is 0 Å². The number of likely N-dealkylation sites (N-methyl/N-ethyl adjacent to an activating group) is 1. The molecule has 0 saturated carbocycles. The highest BCUT2D eigenvalue weighted by molar-refractivity contribution is 5.83. The second kappa shape index (κ2) is 11.2. The molecular weight excluding hydrogens is 510 g/mol. The third-order valence-corrected chi connectivity index (χ3v) is 8.01. The third-order valence-electron chi connectivity index (χ3n) is 8.01. The van der Waals surface area contributed by atoms with Crippen LogP contribution in [0.5, 0.6) is 0 Å². The lowest BCUT2D eigenvalue weighted by Crippen LogP contribution is -2.56. The number of halogens is 2. The van der Waals surface area contributed by atoms with E-state index < -0.39 is 11.6 Å². The largest absolute Gasteiger partial charge is 0.326 e. The van der Waals surface area contributed by atoms with Crippen molar-refractivity contribution >= 4 is 22.8 Å². The smallest absolute Gasteiger partial charge is 0.229 e. The second-order valence-electron chi connectivity index (χ2n) is 11.1. The first-order valence-corrected chi connectivity index (χ1v) is 14.0. The van der Waals surface area contributed by atoms with E-state index in [-0.39, 0.29) is 29.2 Å². The minimum Gasteiger partial charge on any atom is -0.326 e. The average Bonchev–Trinajstić information content (AvgIpc) is 3.26. The summed E-state index contributed by atoms with van der Waals surface area (Å²) in [6, 6.07) is 8.21. The van der Waals surface area contributed by atoms with E-state index in [1.54, 1.807) is 6.07 Å². The van der Waals surface area contributed by atoms with Crippen LogP contribution in [0.1, 0.15) is 65.0 Å². The van der Waals surface area contributed by atoms with Gasteiger partial charge in [-0.2, -0.15) is 0 Å². The Morgan fingerprint density at radius 1 is 0.975 bits per heavy atom. The van der Waals surface area contributed by atoms with Gasteiger partial charge in [0.15, 0.2) is 11.6 Å². The van der Waals surface area contributed by atoms with Crippen LogP contribution in [0, 0.1) is 18.6 Å². The van der Waals surface area contributed by atoms with Crippen LogP contribution in [0.4, 0.5) is 20.5 Å². The van der Waals surface area contributed by atoms with E-state index in [1.165, 1.54) is 6.07 Å². The van der Waals surface area contributed by atoms with Crippen molar-refractivity contribution in [1.82, 2.24) is 34.3 Å². The van der Waals surface area contributed by atoms with Gasteiger partial charge >= 0.3 is 0 Å². The van der Waals surface area contributed by atoms with Gasteiger partial charge in [0.1, 0.15) is 22.9 Å². The van der Waals surface area contributed by atoms with Crippen molar-refractivity contribution in [2.24, 2.45) is 0 Å². The van der Waals surface area contributed by atoms with Crippen molar-refractivity contribution in [3.63, 3.8) is 0 Å². The highest BCUT2D eigenvalue weighted by atomic mass is 19.1. The quantitative estimate of drug-likeness (QED) is 0.292. The molecule has 3 unspecified atom stereocenters. The fraction of sp³-hybridized carbons (Fsp3) is 0.467. The number of fused-ring (bicyclic) bond motifs is 1. The van der Waals surface area contributed by atoms with Crippen molar-refractivity contribution in [1.29, 1.82) is 0 Å². The van der Waals surface area contributed by atoms with Crippen LogP contribution in [-0.4, -0.2) is 66.0 Å². The minimum atomic E-state index is -0.639. The normalized spacial score (nSPS) is 19.4. The molecule has 4 heterocycles. The maximum absolute atomic E-state index is 15.0. The molecule has 8 nitrogen and oxygen atoms in total. The van der Waals surface area contributed by atoms with Crippen molar-refractivity contribution in [2.45, 2.75) is 72.6 Å². The minimum absolute atomic E-state index is 0.00663. The first-order valence-electron chi connectivity index (χ1n) is 14.0. The Labute approximate surface area is 234 Å². The van der Waals surface area contributed by atoms with Crippen LogP contribution in [0.25, 0.3) is 22.3 Å². The molecule has 40 heavy (non-hydrogen) atoms. The van der Waals surface area contributed by atoms with Gasteiger partial charge in [0.25, 0.3) is 0 Å². The van der Waals surface area contributed by atoms with E-state index in [4.69, 9.17) is 0 Å². The zero-order valence-corrected chi connectivity index (χ0v) is 24.3. The lowest BCUT2D eigenvalue weighted by atomic mass is 10.0. The predicted octanol–water partition coefficient (Wildman–Crippen LogP) is 6.27. The van der Waals surface area contributed by atoms with Gasteiger partial charge < -0.3 is 9.88 Å². The Kier molecular flexibility index (Phi) is 7.83. The van der Waals surface area contributed by atoms with Gasteiger partial charge in [0, 0.05) is 49.0 Å². The number of pyridine rings is 1. The van der Waals surface area contributed by atoms with E-state index >= 15 is 4.39 Å². The summed E-state index contributed by atoms with van der Waals surface area (Å²) in [7, 11) is 0. The van der Waals surface area contributed by atoms with Gasteiger partial charge in [0.05, 0.1) is 11.7 Å². The number of hydrogen-bond acceptors (Lipinski definition) is 7. The number of aromatic nitrogens is 5. The molecule has 0 aliphatic carbocycles. The molecule has 0 spiro atoms. The SMILES string of the molecule is CCN1C(C)CN(C(C)c2ccc(Nc3ncc(F)c(-c4cc(F)c5nc(C)n(C(C)C)c5c4)n3)nc2)CC1C. The fourth-order valence-electron chi connectivity index (χ4n) is 6.08. The molecule has 1 aliphatic heterocycles. The summed E-state index contributed by atoms with van der Waals surface area (Å²) in [6.07, 6.45) is 2.95. The zero-order chi connectivity index (χ0) is 28.7.